The summed E-state index contributed by atoms with van der Waals surface area (Å²) in [6.07, 6.45) is 2.52. The van der Waals surface area contributed by atoms with Crippen LogP contribution >= 0.6 is 0 Å². The molecular weight excluding hydrogens is 372 g/mol. The van der Waals surface area contributed by atoms with E-state index in [1.54, 1.807) is 6.92 Å². The van der Waals surface area contributed by atoms with E-state index in [1.807, 2.05) is 0 Å². The molecule has 0 aliphatic carbocycles. The number of phenolic OH excluding ortho intramolecular Hbond substituents is 2. The molecular formula is C20H19F2NO5. The van der Waals surface area contributed by atoms with Gasteiger partial charge in [-0.3, -0.25) is 4.79 Å². The third-order valence-corrected chi connectivity index (χ3v) is 3.93. The fourth-order valence-electron chi connectivity index (χ4n) is 2.44. The third kappa shape index (κ3) is 4.28. The summed E-state index contributed by atoms with van der Waals surface area (Å²) >= 11 is 0. The van der Waals surface area contributed by atoms with Gasteiger partial charge in [0.1, 0.15) is 0 Å². The summed E-state index contributed by atoms with van der Waals surface area (Å²) < 4.78 is 38.1. The third-order valence-electron chi connectivity index (χ3n) is 3.93. The Bertz CT molecular complexity index is 954. The lowest BCUT2D eigenvalue weighted by atomic mass is 10.1. The van der Waals surface area contributed by atoms with Gasteiger partial charge in [0.2, 0.25) is 0 Å². The zero-order chi connectivity index (χ0) is 20.8. The van der Waals surface area contributed by atoms with Crippen LogP contribution in [0.5, 0.6) is 23.0 Å². The molecule has 0 bridgehead atoms. The summed E-state index contributed by atoms with van der Waals surface area (Å²) in [5.41, 5.74) is 0.137. The molecule has 6 nitrogen and oxygen atoms in total. The van der Waals surface area contributed by atoms with Gasteiger partial charge in [0, 0.05) is 22.9 Å². The van der Waals surface area contributed by atoms with Crippen LogP contribution < -0.4 is 9.47 Å². The van der Waals surface area contributed by atoms with Crippen molar-refractivity contribution in [1.82, 2.24) is 0 Å². The Hall–Kier alpha value is -3.42. The number of amides is 1. The number of rotatable bonds is 6. The van der Waals surface area contributed by atoms with E-state index >= 15 is 0 Å². The number of benzene rings is 2. The van der Waals surface area contributed by atoms with Crippen molar-refractivity contribution < 1.29 is 33.3 Å². The van der Waals surface area contributed by atoms with Gasteiger partial charge in [-0.1, -0.05) is 6.92 Å². The molecule has 0 fully saturated rings. The summed E-state index contributed by atoms with van der Waals surface area (Å²) in [7, 11) is 2.41. The first kappa shape index (κ1) is 20.9. The lowest BCUT2D eigenvalue weighted by Gasteiger charge is -2.08. The first-order chi connectivity index (χ1) is 13.3. The number of carbonyl (C=O) groups excluding carboxylic acids is 1. The molecule has 0 aliphatic heterocycles. The molecule has 2 aromatic rings. The molecule has 2 N–H and O–H groups in total. The van der Waals surface area contributed by atoms with Crippen molar-refractivity contribution in [1.29, 1.82) is 0 Å². The van der Waals surface area contributed by atoms with Crippen LogP contribution in [0, 0.1) is 11.6 Å². The highest BCUT2D eigenvalue weighted by Gasteiger charge is 2.15. The maximum Gasteiger partial charge on any atom is 0.272 e. The summed E-state index contributed by atoms with van der Waals surface area (Å²) in [5.74, 6) is -3.82. The highest BCUT2D eigenvalue weighted by atomic mass is 19.1. The molecule has 148 valence electrons. The Balaban J connectivity index is 2.35. The van der Waals surface area contributed by atoms with Crippen LogP contribution in [0.1, 0.15) is 24.5 Å². The fraction of sp³-hybridized carbons (Fsp3) is 0.200. The Morgan fingerprint density at radius 2 is 1.50 bits per heavy atom. The molecule has 0 saturated heterocycles. The predicted octanol–water partition coefficient (Wildman–Crippen LogP) is 3.83. The van der Waals surface area contributed by atoms with Crippen molar-refractivity contribution in [3.05, 3.63) is 52.6 Å². The standard InChI is InChI=1S/C20H19F2NO5/c1-4-11(9-12-5-7-14(24)18(27-2)16(12)21)20(26)23-10-13-6-8-15(25)19(28-3)17(13)22/h5-10,24-25H,4H2,1-3H3/b11-9+,23-10+. The molecule has 0 aromatic heterocycles. The summed E-state index contributed by atoms with van der Waals surface area (Å²) in [5, 5.41) is 19.1. The Morgan fingerprint density at radius 1 is 1.00 bits per heavy atom. The Kier molecular flexibility index (Phi) is 6.70. The van der Waals surface area contributed by atoms with Gasteiger partial charge in [-0.2, -0.15) is 0 Å². The minimum atomic E-state index is -0.865. The first-order valence-electron chi connectivity index (χ1n) is 8.23. The van der Waals surface area contributed by atoms with E-state index in [2.05, 4.69) is 4.99 Å². The number of carbonyl (C=O) groups is 1. The number of nitrogens with zero attached hydrogens (tertiary/aromatic N) is 1. The topological polar surface area (TPSA) is 88.4 Å². The predicted molar refractivity (Wildman–Crippen MR) is 100 cm³/mol. The largest absolute Gasteiger partial charge is 0.504 e. The van der Waals surface area contributed by atoms with Crippen molar-refractivity contribution in [3.8, 4) is 23.0 Å². The number of ether oxygens (including phenoxy) is 2. The monoisotopic (exact) mass is 391 g/mol. The van der Waals surface area contributed by atoms with Crippen LogP contribution in [0.2, 0.25) is 0 Å². The van der Waals surface area contributed by atoms with Crippen LogP contribution in [0.3, 0.4) is 0 Å². The molecule has 0 aliphatic rings. The maximum absolute atomic E-state index is 14.4. The lowest BCUT2D eigenvalue weighted by Crippen LogP contribution is -2.01. The summed E-state index contributed by atoms with van der Waals surface area (Å²) in [6, 6.07) is 4.99. The lowest BCUT2D eigenvalue weighted by molar-refractivity contribution is -0.114. The second-order valence-corrected chi connectivity index (χ2v) is 5.63. The van der Waals surface area contributed by atoms with Gasteiger partial charge in [0.25, 0.3) is 5.91 Å². The number of aromatic hydroxyl groups is 2. The molecule has 0 radical (unpaired) electrons. The highest BCUT2D eigenvalue weighted by molar-refractivity contribution is 6.04. The van der Waals surface area contributed by atoms with Crippen molar-refractivity contribution in [2.45, 2.75) is 13.3 Å². The minimum absolute atomic E-state index is 0.0348. The van der Waals surface area contributed by atoms with Crippen molar-refractivity contribution in [3.63, 3.8) is 0 Å². The molecule has 0 spiro atoms. The Morgan fingerprint density at radius 3 is 2.00 bits per heavy atom. The number of methoxy groups -OCH3 is 2. The summed E-state index contributed by atoms with van der Waals surface area (Å²) in [4.78, 5) is 16.0. The van der Waals surface area contributed by atoms with Gasteiger partial charge >= 0.3 is 0 Å². The molecule has 0 unspecified atom stereocenters. The first-order valence-corrected chi connectivity index (χ1v) is 8.23. The van der Waals surface area contributed by atoms with Crippen molar-refractivity contribution in [2.24, 2.45) is 4.99 Å². The van der Waals surface area contributed by atoms with E-state index in [4.69, 9.17) is 9.47 Å². The number of hydrogen-bond donors (Lipinski definition) is 2. The molecule has 28 heavy (non-hydrogen) atoms. The maximum atomic E-state index is 14.4. The van der Waals surface area contributed by atoms with Gasteiger partial charge in [-0.05, 0) is 36.8 Å². The second kappa shape index (κ2) is 8.98. The van der Waals surface area contributed by atoms with Crippen LogP contribution in [0.15, 0.2) is 34.8 Å². The number of phenols is 2. The summed E-state index contributed by atoms with van der Waals surface area (Å²) in [6.45, 7) is 1.68. The number of halogens is 2. The highest BCUT2D eigenvalue weighted by Crippen LogP contribution is 2.32. The number of aliphatic imine (C=N–C) groups is 1. The van der Waals surface area contributed by atoms with Crippen LogP contribution in [-0.2, 0) is 4.79 Å². The molecule has 0 heterocycles. The van der Waals surface area contributed by atoms with Gasteiger partial charge in [0.05, 0.1) is 14.2 Å². The molecule has 2 aromatic carbocycles. The van der Waals surface area contributed by atoms with Crippen LogP contribution in [-0.4, -0.2) is 36.6 Å². The van der Waals surface area contributed by atoms with Crippen molar-refractivity contribution in [2.75, 3.05) is 14.2 Å². The molecule has 0 atom stereocenters. The van der Waals surface area contributed by atoms with E-state index in [-0.39, 0.29) is 46.1 Å². The number of hydrogen-bond acceptors (Lipinski definition) is 5. The van der Waals surface area contributed by atoms with Gasteiger partial charge in [0.15, 0.2) is 34.6 Å². The molecule has 1 amide bonds. The van der Waals surface area contributed by atoms with Gasteiger partial charge in [-0.15, -0.1) is 0 Å². The molecule has 8 heteroatoms. The molecule has 0 saturated carbocycles. The second-order valence-electron chi connectivity index (χ2n) is 5.63. The van der Waals surface area contributed by atoms with E-state index in [1.165, 1.54) is 44.6 Å². The van der Waals surface area contributed by atoms with E-state index in [9.17, 15) is 23.8 Å². The van der Waals surface area contributed by atoms with Crippen LogP contribution in [0.4, 0.5) is 8.78 Å². The fourth-order valence-corrected chi connectivity index (χ4v) is 2.44. The van der Waals surface area contributed by atoms with E-state index < -0.39 is 17.5 Å². The van der Waals surface area contributed by atoms with Gasteiger partial charge in [-0.25, -0.2) is 13.8 Å². The minimum Gasteiger partial charge on any atom is -0.504 e. The SMILES string of the molecule is CC/C(=C\c1ccc(O)c(OC)c1F)C(=O)/N=C/c1ccc(O)c(OC)c1F. The zero-order valence-corrected chi connectivity index (χ0v) is 15.5. The average Bonchev–Trinajstić information content (AvgIpc) is 2.67. The van der Waals surface area contributed by atoms with E-state index in [0.29, 0.717) is 0 Å². The van der Waals surface area contributed by atoms with Crippen molar-refractivity contribution >= 4 is 18.2 Å². The normalized spacial score (nSPS) is 11.7. The van der Waals surface area contributed by atoms with Crippen LogP contribution in [0.25, 0.3) is 6.08 Å². The quantitative estimate of drug-likeness (QED) is 0.577. The molecule has 2 rings (SSSR count). The smallest absolute Gasteiger partial charge is 0.272 e. The van der Waals surface area contributed by atoms with Gasteiger partial charge < -0.3 is 19.7 Å². The van der Waals surface area contributed by atoms with E-state index in [0.717, 1.165) is 6.21 Å². The average molecular weight is 391 g/mol. The Labute approximate surface area is 160 Å². The zero-order valence-electron chi connectivity index (χ0n) is 15.5.